The average Bonchev–Trinajstić information content (AvgIpc) is 2.41. The number of anilines is 1. The predicted molar refractivity (Wildman–Crippen MR) is 71.4 cm³/mol. The van der Waals surface area contributed by atoms with Gasteiger partial charge in [-0.1, -0.05) is 11.6 Å². The molecular formula is C12H14ClN3O3. The summed E-state index contributed by atoms with van der Waals surface area (Å²) < 4.78 is 0. The highest BCUT2D eigenvalue weighted by atomic mass is 35.5. The smallest absolute Gasteiger partial charge is 0.407 e. The van der Waals surface area contributed by atoms with E-state index in [2.05, 4.69) is 0 Å². The van der Waals surface area contributed by atoms with E-state index in [9.17, 15) is 9.59 Å². The van der Waals surface area contributed by atoms with Crippen LogP contribution < -0.4 is 5.73 Å². The van der Waals surface area contributed by atoms with Crippen LogP contribution in [-0.4, -0.2) is 53.1 Å². The van der Waals surface area contributed by atoms with Crippen LogP contribution in [-0.2, 0) is 0 Å². The van der Waals surface area contributed by atoms with E-state index >= 15 is 0 Å². The molecule has 0 atom stereocenters. The number of carbonyl (C=O) groups excluding carboxylic acids is 1. The van der Waals surface area contributed by atoms with Gasteiger partial charge in [-0.25, -0.2) is 4.79 Å². The van der Waals surface area contributed by atoms with Crippen molar-refractivity contribution in [1.82, 2.24) is 9.80 Å². The van der Waals surface area contributed by atoms with Gasteiger partial charge in [-0.15, -0.1) is 0 Å². The van der Waals surface area contributed by atoms with Gasteiger partial charge in [-0.2, -0.15) is 0 Å². The molecule has 7 heteroatoms. The van der Waals surface area contributed by atoms with E-state index in [0.717, 1.165) is 0 Å². The molecule has 19 heavy (non-hydrogen) atoms. The number of nitrogens with two attached hydrogens (primary N) is 1. The number of hydrogen-bond donors (Lipinski definition) is 2. The van der Waals surface area contributed by atoms with E-state index in [1.165, 1.54) is 11.0 Å². The highest BCUT2D eigenvalue weighted by Crippen LogP contribution is 2.21. The first-order chi connectivity index (χ1) is 8.99. The van der Waals surface area contributed by atoms with Crippen molar-refractivity contribution in [3.8, 4) is 0 Å². The number of rotatable bonds is 1. The fourth-order valence-corrected chi connectivity index (χ4v) is 2.12. The Morgan fingerprint density at radius 2 is 1.74 bits per heavy atom. The number of nitrogens with zero attached hydrogens (tertiary/aromatic N) is 2. The zero-order chi connectivity index (χ0) is 14.0. The van der Waals surface area contributed by atoms with E-state index in [0.29, 0.717) is 42.5 Å². The van der Waals surface area contributed by atoms with Gasteiger partial charge in [-0.3, -0.25) is 4.79 Å². The summed E-state index contributed by atoms with van der Waals surface area (Å²) in [7, 11) is 0. The molecule has 3 N–H and O–H groups in total. The lowest BCUT2D eigenvalue weighted by Crippen LogP contribution is -2.50. The molecule has 0 aromatic heterocycles. The summed E-state index contributed by atoms with van der Waals surface area (Å²) in [5.74, 6) is -0.160. The normalized spacial score (nSPS) is 15.4. The van der Waals surface area contributed by atoms with Crippen molar-refractivity contribution in [2.45, 2.75) is 0 Å². The van der Waals surface area contributed by atoms with Crippen molar-refractivity contribution >= 4 is 29.3 Å². The van der Waals surface area contributed by atoms with Gasteiger partial charge in [-0.05, 0) is 18.2 Å². The number of hydrogen-bond acceptors (Lipinski definition) is 3. The quantitative estimate of drug-likeness (QED) is 0.762. The Bertz CT molecular complexity index is 513. The first-order valence-corrected chi connectivity index (χ1v) is 6.19. The Balaban J connectivity index is 2.05. The van der Waals surface area contributed by atoms with Crippen molar-refractivity contribution < 1.29 is 14.7 Å². The molecule has 102 valence electrons. The first kappa shape index (κ1) is 13.5. The molecule has 0 spiro atoms. The minimum Gasteiger partial charge on any atom is -0.465 e. The van der Waals surface area contributed by atoms with Gasteiger partial charge in [0.15, 0.2) is 0 Å². The SMILES string of the molecule is Nc1ccc(C(=O)N2CCN(C(=O)O)CC2)cc1Cl. The molecule has 0 bridgehead atoms. The highest BCUT2D eigenvalue weighted by Gasteiger charge is 2.24. The van der Waals surface area contributed by atoms with Crippen LogP contribution in [0, 0.1) is 0 Å². The Morgan fingerprint density at radius 3 is 2.26 bits per heavy atom. The molecule has 1 saturated heterocycles. The maximum Gasteiger partial charge on any atom is 0.407 e. The lowest BCUT2D eigenvalue weighted by Gasteiger charge is -2.33. The average molecular weight is 284 g/mol. The molecule has 2 rings (SSSR count). The second kappa shape index (κ2) is 5.36. The van der Waals surface area contributed by atoms with Crippen LogP contribution in [0.3, 0.4) is 0 Å². The molecule has 0 aliphatic carbocycles. The molecule has 6 nitrogen and oxygen atoms in total. The molecule has 1 aliphatic heterocycles. The van der Waals surface area contributed by atoms with Crippen LogP contribution >= 0.6 is 11.6 Å². The standard InChI is InChI=1S/C12H14ClN3O3/c13-9-7-8(1-2-10(9)14)11(17)15-3-5-16(6-4-15)12(18)19/h1-2,7H,3-6,14H2,(H,18,19). The minimum atomic E-state index is -0.956. The minimum absolute atomic E-state index is 0.160. The summed E-state index contributed by atoms with van der Waals surface area (Å²) in [5.41, 5.74) is 6.48. The summed E-state index contributed by atoms with van der Waals surface area (Å²) in [4.78, 5) is 25.9. The van der Waals surface area contributed by atoms with Crippen molar-refractivity contribution in [3.63, 3.8) is 0 Å². The molecule has 0 saturated carbocycles. The van der Waals surface area contributed by atoms with Crippen LogP contribution in [0.15, 0.2) is 18.2 Å². The van der Waals surface area contributed by atoms with Crippen LogP contribution in [0.5, 0.6) is 0 Å². The number of halogens is 1. The summed E-state index contributed by atoms with van der Waals surface area (Å²) in [6, 6.07) is 4.74. The number of carbonyl (C=O) groups is 2. The fraction of sp³-hybridized carbons (Fsp3) is 0.333. The molecule has 1 heterocycles. The number of piperazine rings is 1. The molecular weight excluding hydrogens is 270 g/mol. The summed E-state index contributed by atoms with van der Waals surface area (Å²) in [5, 5.41) is 9.18. The van der Waals surface area contributed by atoms with Crippen molar-refractivity contribution in [1.29, 1.82) is 0 Å². The van der Waals surface area contributed by atoms with E-state index in [-0.39, 0.29) is 5.91 Å². The van der Waals surface area contributed by atoms with Crippen molar-refractivity contribution in [3.05, 3.63) is 28.8 Å². The lowest BCUT2D eigenvalue weighted by molar-refractivity contribution is 0.0625. The second-order valence-electron chi connectivity index (χ2n) is 4.30. The van der Waals surface area contributed by atoms with Gasteiger partial charge < -0.3 is 20.6 Å². The Morgan fingerprint density at radius 1 is 1.16 bits per heavy atom. The fourth-order valence-electron chi connectivity index (χ4n) is 1.94. The van der Waals surface area contributed by atoms with Gasteiger partial charge in [0.05, 0.1) is 10.7 Å². The third-order valence-electron chi connectivity index (χ3n) is 3.08. The Labute approximate surface area is 115 Å². The van der Waals surface area contributed by atoms with E-state index in [1.807, 2.05) is 0 Å². The van der Waals surface area contributed by atoms with Crippen LogP contribution in [0.4, 0.5) is 10.5 Å². The largest absolute Gasteiger partial charge is 0.465 e. The highest BCUT2D eigenvalue weighted by molar-refractivity contribution is 6.33. The second-order valence-corrected chi connectivity index (χ2v) is 4.71. The van der Waals surface area contributed by atoms with E-state index in [1.54, 1.807) is 17.0 Å². The van der Waals surface area contributed by atoms with E-state index < -0.39 is 6.09 Å². The van der Waals surface area contributed by atoms with Crippen LogP contribution in [0.25, 0.3) is 0 Å². The topological polar surface area (TPSA) is 86.9 Å². The number of nitrogen functional groups attached to an aromatic ring is 1. The maximum atomic E-state index is 12.2. The van der Waals surface area contributed by atoms with Gasteiger partial charge >= 0.3 is 6.09 Å². The first-order valence-electron chi connectivity index (χ1n) is 5.81. The van der Waals surface area contributed by atoms with Gasteiger partial charge in [0.2, 0.25) is 0 Å². The summed E-state index contributed by atoms with van der Waals surface area (Å²) in [6.07, 6.45) is -0.956. The van der Waals surface area contributed by atoms with Crippen LogP contribution in [0.2, 0.25) is 5.02 Å². The Kier molecular flexibility index (Phi) is 3.80. The number of carboxylic acid groups (broad SMARTS) is 1. The predicted octanol–water partition coefficient (Wildman–Crippen LogP) is 1.36. The van der Waals surface area contributed by atoms with Crippen LogP contribution in [0.1, 0.15) is 10.4 Å². The summed E-state index contributed by atoms with van der Waals surface area (Å²) in [6.45, 7) is 1.41. The molecule has 0 unspecified atom stereocenters. The molecule has 1 fully saturated rings. The molecule has 1 aromatic rings. The van der Waals surface area contributed by atoms with E-state index in [4.69, 9.17) is 22.4 Å². The Hall–Kier alpha value is -1.95. The maximum absolute atomic E-state index is 12.2. The van der Waals surface area contributed by atoms with Crippen molar-refractivity contribution in [2.24, 2.45) is 0 Å². The lowest BCUT2D eigenvalue weighted by atomic mass is 10.1. The zero-order valence-electron chi connectivity index (χ0n) is 10.2. The third kappa shape index (κ3) is 2.90. The molecule has 1 aromatic carbocycles. The van der Waals surface area contributed by atoms with Crippen molar-refractivity contribution in [2.75, 3.05) is 31.9 Å². The monoisotopic (exact) mass is 283 g/mol. The molecule has 2 amide bonds. The number of benzene rings is 1. The third-order valence-corrected chi connectivity index (χ3v) is 3.41. The number of amides is 2. The van der Waals surface area contributed by atoms with Gasteiger partial charge in [0.1, 0.15) is 0 Å². The summed E-state index contributed by atoms with van der Waals surface area (Å²) >= 11 is 5.88. The molecule has 0 radical (unpaired) electrons. The molecule has 1 aliphatic rings. The van der Waals surface area contributed by atoms with Gasteiger partial charge in [0, 0.05) is 31.7 Å². The van der Waals surface area contributed by atoms with Gasteiger partial charge in [0.25, 0.3) is 5.91 Å². The zero-order valence-corrected chi connectivity index (χ0v) is 10.9.